The molecule has 3 nitrogen and oxygen atoms in total. The van der Waals surface area contributed by atoms with Gasteiger partial charge in [0.05, 0.1) is 5.56 Å². The van der Waals surface area contributed by atoms with Crippen molar-refractivity contribution in [3.05, 3.63) is 34.9 Å². The van der Waals surface area contributed by atoms with Crippen LogP contribution in [0.1, 0.15) is 54.2 Å². The fraction of sp³-hybridized carbons (Fsp3) is 0.500. The van der Waals surface area contributed by atoms with Gasteiger partial charge in [-0.3, -0.25) is 4.90 Å². The lowest BCUT2D eigenvalue weighted by Crippen LogP contribution is -2.21. The van der Waals surface area contributed by atoms with Gasteiger partial charge in [0.25, 0.3) is 0 Å². The van der Waals surface area contributed by atoms with Crippen molar-refractivity contribution < 1.29 is 9.90 Å². The van der Waals surface area contributed by atoms with Crippen LogP contribution in [0.2, 0.25) is 0 Å². The van der Waals surface area contributed by atoms with Crippen LogP contribution in [0.4, 0.5) is 0 Å². The van der Waals surface area contributed by atoms with Crippen LogP contribution < -0.4 is 0 Å². The number of carbonyl (C=O) groups is 1. The summed E-state index contributed by atoms with van der Waals surface area (Å²) in [4.78, 5) is 13.4. The molecule has 0 radical (unpaired) electrons. The van der Waals surface area contributed by atoms with Gasteiger partial charge in [-0.15, -0.1) is 0 Å². The van der Waals surface area contributed by atoms with Crippen LogP contribution in [0, 0.1) is 0 Å². The highest BCUT2D eigenvalue weighted by Gasteiger charge is 2.26. The Bertz CT molecular complexity index is 428. The summed E-state index contributed by atoms with van der Waals surface area (Å²) in [6, 6.07) is 5.84. The van der Waals surface area contributed by atoms with E-state index in [0.29, 0.717) is 11.6 Å². The molecule has 1 aromatic carbocycles. The van der Waals surface area contributed by atoms with Crippen LogP contribution in [0.3, 0.4) is 0 Å². The van der Waals surface area contributed by atoms with Crippen molar-refractivity contribution in [3.8, 4) is 0 Å². The smallest absolute Gasteiger partial charge is 0.335 e. The van der Waals surface area contributed by atoms with Gasteiger partial charge in [-0.1, -0.05) is 19.4 Å². The van der Waals surface area contributed by atoms with Gasteiger partial charge in [-0.2, -0.15) is 0 Å². The molecule has 1 atom stereocenters. The maximum absolute atomic E-state index is 10.9. The van der Waals surface area contributed by atoms with Gasteiger partial charge >= 0.3 is 5.97 Å². The fourth-order valence-corrected chi connectivity index (χ4v) is 2.45. The topological polar surface area (TPSA) is 40.5 Å². The largest absolute Gasteiger partial charge is 0.478 e. The van der Waals surface area contributed by atoms with Crippen LogP contribution >= 0.6 is 0 Å². The van der Waals surface area contributed by atoms with Crippen LogP contribution in [0.5, 0.6) is 0 Å². The Hall–Kier alpha value is -1.35. The number of carboxylic acids is 1. The molecule has 2 rings (SSSR count). The van der Waals surface area contributed by atoms with Crippen LogP contribution in [-0.2, 0) is 6.54 Å². The molecular weight excluding hydrogens is 214 g/mol. The van der Waals surface area contributed by atoms with E-state index in [9.17, 15) is 4.79 Å². The Labute approximate surface area is 102 Å². The normalized spacial score (nSPS) is 19.3. The number of aromatic carboxylic acids is 1. The molecule has 1 aromatic rings. The van der Waals surface area contributed by atoms with E-state index in [1.54, 1.807) is 6.07 Å². The van der Waals surface area contributed by atoms with Gasteiger partial charge < -0.3 is 5.11 Å². The van der Waals surface area contributed by atoms with Crippen molar-refractivity contribution in [1.82, 2.24) is 4.90 Å². The molecule has 92 valence electrons. The van der Waals surface area contributed by atoms with Crippen molar-refractivity contribution >= 4 is 5.97 Å². The van der Waals surface area contributed by atoms with Crippen molar-refractivity contribution in [3.63, 3.8) is 0 Å². The predicted molar refractivity (Wildman–Crippen MR) is 67.1 cm³/mol. The van der Waals surface area contributed by atoms with Gasteiger partial charge in [0.1, 0.15) is 0 Å². The number of fused-ring (bicyclic) bond motifs is 1. The Balaban J connectivity index is 2.20. The minimum absolute atomic E-state index is 0.343. The summed E-state index contributed by atoms with van der Waals surface area (Å²) < 4.78 is 0. The zero-order valence-corrected chi connectivity index (χ0v) is 10.4. The van der Waals surface area contributed by atoms with E-state index >= 15 is 0 Å². The van der Waals surface area contributed by atoms with Gasteiger partial charge in [0.15, 0.2) is 0 Å². The van der Waals surface area contributed by atoms with Crippen molar-refractivity contribution in [1.29, 1.82) is 0 Å². The Kier molecular flexibility index (Phi) is 3.48. The third-order valence-corrected chi connectivity index (χ3v) is 3.56. The summed E-state index contributed by atoms with van der Waals surface area (Å²) in [5, 5.41) is 9.00. The second kappa shape index (κ2) is 4.88. The van der Waals surface area contributed by atoms with E-state index in [4.69, 9.17) is 5.11 Å². The lowest BCUT2D eigenvalue weighted by molar-refractivity contribution is 0.0696. The molecule has 17 heavy (non-hydrogen) atoms. The van der Waals surface area contributed by atoms with Crippen molar-refractivity contribution in [2.45, 2.75) is 39.3 Å². The van der Waals surface area contributed by atoms with Crippen LogP contribution in [0.15, 0.2) is 18.2 Å². The average Bonchev–Trinajstić information content (AvgIpc) is 2.63. The Morgan fingerprint density at radius 2 is 2.29 bits per heavy atom. The van der Waals surface area contributed by atoms with E-state index in [-0.39, 0.29) is 0 Å². The standard InChI is InChI=1S/C14H19NO2/c1-3-4-7-15-9-12-6-5-11(14(16)17)8-13(12)10(15)2/h5-6,8,10H,3-4,7,9H2,1-2H3,(H,16,17). The molecule has 1 aliphatic heterocycles. The molecule has 1 heterocycles. The molecule has 0 spiro atoms. The lowest BCUT2D eigenvalue weighted by Gasteiger charge is -2.20. The highest BCUT2D eigenvalue weighted by molar-refractivity contribution is 5.88. The summed E-state index contributed by atoms with van der Waals surface area (Å²) in [5.41, 5.74) is 2.85. The average molecular weight is 233 g/mol. The zero-order chi connectivity index (χ0) is 12.4. The number of hydrogen-bond donors (Lipinski definition) is 1. The summed E-state index contributed by atoms with van der Waals surface area (Å²) in [6.07, 6.45) is 2.39. The summed E-state index contributed by atoms with van der Waals surface area (Å²) >= 11 is 0. The number of rotatable bonds is 4. The molecule has 3 heteroatoms. The number of carboxylic acid groups (broad SMARTS) is 1. The summed E-state index contributed by atoms with van der Waals surface area (Å²) in [5.74, 6) is -0.841. The van der Waals surface area contributed by atoms with Gasteiger partial charge in [0.2, 0.25) is 0 Å². The van der Waals surface area contributed by atoms with Crippen LogP contribution in [0.25, 0.3) is 0 Å². The maximum Gasteiger partial charge on any atom is 0.335 e. The first kappa shape index (κ1) is 12.1. The second-order valence-electron chi connectivity index (χ2n) is 4.72. The molecule has 1 unspecified atom stereocenters. The highest BCUT2D eigenvalue weighted by atomic mass is 16.4. The number of nitrogens with zero attached hydrogens (tertiary/aromatic N) is 1. The van der Waals surface area contributed by atoms with E-state index in [0.717, 1.165) is 13.1 Å². The molecular formula is C14H19NO2. The molecule has 0 aliphatic carbocycles. The molecule has 0 amide bonds. The molecule has 0 aromatic heterocycles. The van der Waals surface area contributed by atoms with E-state index in [1.807, 2.05) is 12.1 Å². The molecule has 1 N–H and O–H groups in total. The first-order valence-electron chi connectivity index (χ1n) is 6.23. The van der Waals surface area contributed by atoms with Crippen molar-refractivity contribution in [2.24, 2.45) is 0 Å². The summed E-state index contributed by atoms with van der Waals surface area (Å²) in [6.45, 7) is 6.40. The van der Waals surface area contributed by atoms with Gasteiger partial charge in [-0.05, 0) is 43.1 Å². The van der Waals surface area contributed by atoms with Crippen molar-refractivity contribution in [2.75, 3.05) is 6.54 Å². The Morgan fingerprint density at radius 3 is 2.94 bits per heavy atom. The highest BCUT2D eigenvalue weighted by Crippen LogP contribution is 2.33. The lowest BCUT2D eigenvalue weighted by atomic mass is 10.0. The number of hydrogen-bond acceptors (Lipinski definition) is 2. The van der Waals surface area contributed by atoms with Crippen LogP contribution in [-0.4, -0.2) is 22.5 Å². The van der Waals surface area contributed by atoms with Gasteiger partial charge in [-0.25, -0.2) is 4.79 Å². The SMILES string of the molecule is CCCCN1Cc2ccc(C(=O)O)cc2C1C. The first-order valence-corrected chi connectivity index (χ1v) is 6.23. The molecule has 1 aliphatic rings. The molecule has 0 saturated heterocycles. The quantitative estimate of drug-likeness (QED) is 0.868. The minimum atomic E-state index is -0.841. The monoisotopic (exact) mass is 233 g/mol. The first-order chi connectivity index (χ1) is 8.13. The zero-order valence-electron chi connectivity index (χ0n) is 10.4. The predicted octanol–water partition coefficient (Wildman–Crippen LogP) is 3.06. The fourth-order valence-electron chi connectivity index (χ4n) is 2.45. The van der Waals surface area contributed by atoms with E-state index in [2.05, 4.69) is 18.7 Å². The second-order valence-corrected chi connectivity index (χ2v) is 4.72. The Morgan fingerprint density at radius 1 is 1.53 bits per heavy atom. The maximum atomic E-state index is 10.9. The van der Waals surface area contributed by atoms with E-state index in [1.165, 1.54) is 24.0 Å². The molecule has 0 bridgehead atoms. The third-order valence-electron chi connectivity index (χ3n) is 3.56. The third kappa shape index (κ3) is 2.34. The number of unbranched alkanes of at least 4 members (excludes halogenated alkanes) is 1. The molecule has 0 saturated carbocycles. The molecule has 0 fully saturated rings. The van der Waals surface area contributed by atoms with Gasteiger partial charge in [0, 0.05) is 12.6 Å². The minimum Gasteiger partial charge on any atom is -0.478 e. The number of benzene rings is 1. The van der Waals surface area contributed by atoms with E-state index < -0.39 is 5.97 Å². The summed E-state index contributed by atoms with van der Waals surface area (Å²) in [7, 11) is 0.